The lowest BCUT2D eigenvalue weighted by atomic mass is 9.61. The minimum atomic E-state index is -0.638. The van der Waals surface area contributed by atoms with Gasteiger partial charge < -0.3 is 20.5 Å². The van der Waals surface area contributed by atoms with E-state index in [0.29, 0.717) is 30.7 Å². The van der Waals surface area contributed by atoms with Gasteiger partial charge in [-0.3, -0.25) is 4.79 Å². The zero-order valence-corrected chi connectivity index (χ0v) is 11.8. The Kier molecular flexibility index (Phi) is 5.49. The molecule has 0 atom stereocenters. The van der Waals surface area contributed by atoms with Crippen molar-refractivity contribution in [2.45, 2.75) is 19.8 Å². The number of carbonyl (C=O) groups is 1. The number of aliphatic hydroxyl groups excluding tert-OH is 1. The minimum Gasteiger partial charge on any atom is -0.394 e. The standard InChI is InChI=1S/C12H22N2O3S/c1-9-7-12(8-9,10(13)18)11(16)14(2)3-5-17-6-4-15/h9,15H,3-8H2,1-2H3,(H2,13,18). The van der Waals surface area contributed by atoms with Crippen molar-refractivity contribution < 1.29 is 14.6 Å². The van der Waals surface area contributed by atoms with E-state index in [1.165, 1.54) is 0 Å². The van der Waals surface area contributed by atoms with E-state index in [9.17, 15) is 4.79 Å². The van der Waals surface area contributed by atoms with E-state index in [1.807, 2.05) is 0 Å². The van der Waals surface area contributed by atoms with Crippen LogP contribution in [0.2, 0.25) is 0 Å². The molecule has 104 valence electrons. The van der Waals surface area contributed by atoms with E-state index < -0.39 is 5.41 Å². The number of aliphatic hydroxyl groups is 1. The molecular weight excluding hydrogens is 252 g/mol. The van der Waals surface area contributed by atoms with Crippen LogP contribution in [0.3, 0.4) is 0 Å². The third-order valence-electron chi connectivity index (χ3n) is 3.43. The van der Waals surface area contributed by atoms with Crippen molar-refractivity contribution in [1.82, 2.24) is 4.90 Å². The Bertz CT molecular complexity index is 316. The average Bonchev–Trinajstić information content (AvgIpc) is 2.28. The first kappa shape index (κ1) is 15.3. The van der Waals surface area contributed by atoms with Gasteiger partial charge in [0.25, 0.3) is 0 Å². The molecule has 1 saturated carbocycles. The smallest absolute Gasteiger partial charge is 0.235 e. The van der Waals surface area contributed by atoms with Crippen molar-refractivity contribution in [2.24, 2.45) is 17.1 Å². The molecule has 1 aliphatic carbocycles. The molecule has 0 unspecified atom stereocenters. The Labute approximate surface area is 113 Å². The van der Waals surface area contributed by atoms with E-state index >= 15 is 0 Å². The number of hydrogen-bond donors (Lipinski definition) is 2. The second-order valence-corrected chi connectivity index (χ2v) is 5.46. The third-order valence-corrected chi connectivity index (χ3v) is 3.82. The van der Waals surface area contributed by atoms with E-state index in [4.69, 9.17) is 27.8 Å². The predicted molar refractivity (Wildman–Crippen MR) is 73.2 cm³/mol. The summed E-state index contributed by atoms with van der Waals surface area (Å²) in [7, 11) is 1.73. The van der Waals surface area contributed by atoms with Crippen LogP contribution in [0.5, 0.6) is 0 Å². The first-order valence-corrected chi connectivity index (χ1v) is 6.59. The number of likely N-dealkylation sites (N-methyl/N-ethyl adjacent to an activating group) is 1. The quantitative estimate of drug-likeness (QED) is 0.511. The first-order chi connectivity index (χ1) is 8.44. The lowest BCUT2D eigenvalue weighted by Gasteiger charge is -2.46. The zero-order valence-electron chi connectivity index (χ0n) is 11.0. The fraction of sp³-hybridized carbons (Fsp3) is 0.833. The Morgan fingerprint density at radius 2 is 2.17 bits per heavy atom. The Balaban J connectivity index is 2.49. The molecule has 0 radical (unpaired) electrons. The molecule has 0 aliphatic heterocycles. The molecule has 1 aliphatic rings. The monoisotopic (exact) mass is 274 g/mol. The number of amides is 1. The van der Waals surface area contributed by atoms with Gasteiger partial charge in [-0.1, -0.05) is 19.1 Å². The highest BCUT2D eigenvalue weighted by Gasteiger charge is 2.51. The van der Waals surface area contributed by atoms with Gasteiger partial charge in [-0.25, -0.2) is 0 Å². The van der Waals surface area contributed by atoms with Crippen LogP contribution >= 0.6 is 12.2 Å². The molecular formula is C12H22N2O3S. The molecule has 6 heteroatoms. The van der Waals surface area contributed by atoms with Crippen LogP contribution < -0.4 is 5.73 Å². The summed E-state index contributed by atoms with van der Waals surface area (Å²) in [5.41, 5.74) is 5.09. The van der Waals surface area contributed by atoms with Gasteiger partial charge in [-0.2, -0.15) is 0 Å². The number of hydrogen-bond acceptors (Lipinski definition) is 4. The summed E-state index contributed by atoms with van der Waals surface area (Å²) < 4.78 is 5.14. The van der Waals surface area contributed by atoms with Crippen LogP contribution in [0, 0.1) is 11.3 Å². The molecule has 3 N–H and O–H groups in total. The molecule has 0 aromatic rings. The molecule has 0 aromatic carbocycles. The van der Waals surface area contributed by atoms with Crippen molar-refractivity contribution >= 4 is 23.1 Å². The maximum absolute atomic E-state index is 12.4. The van der Waals surface area contributed by atoms with Gasteiger partial charge in [0.1, 0.15) is 0 Å². The summed E-state index contributed by atoms with van der Waals surface area (Å²) in [4.78, 5) is 14.3. The van der Waals surface area contributed by atoms with Crippen molar-refractivity contribution in [2.75, 3.05) is 33.4 Å². The summed E-state index contributed by atoms with van der Waals surface area (Å²) in [6.45, 7) is 3.27. The Morgan fingerprint density at radius 3 is 2.61 bits per heavy atom. The van der Waals surface area contributed by atoms with Crippen LogP contribution in [0.1, 0.15) is 19.8 Å². The number of rotatable bonds is 7. The Hall–Kier alpha value is -0.720. The zero-order chi connectivity index (χ0) is 13.8. The van der Waals surface area contributed by atoms with Gasteiger partial charge in [0, 0.05) is 13.6 Å². The lowest BCUT2D eigenvalue weighted by Crippen LogP contribution is -2.56. The number of nitrogens with zero attached hydrogens (tertiary/aromatic N) is 1. The van der Waals surface area contributed by atoms with Crippen LogP contribution in [0.4, 0.5) is 0 Å². The number of carbonyl (C=O) groups excluding carboxylic acids is 1. The highest BCUT2D eigenvalue weighted by molar-refractivity contribution is 7.80. The molecule has 0 heterocycles. The first-order valence-electron chi connectivity index (χ1n) is 6.18. The molecule has 1 rings (SSSR count). The van der Waals surface area contributed by atoms with Crippen molar-refractivity contribution in [3.8, 4) is 0 Å². The average molecular weight is 274 g/mol. The summed E-state index contributed by atoms with van der Waals surface area (Å²) >= 11 is 5.05. The fourth-order valence-corrected chi connectivity index (χ4v) is 2.70. The van der Waals surface area contributed by atoms with Crippen LogP contribution in [0.25, 0.3) is 0 Å². The minimum absolute atomic E-state index is 0.00794. The highest BCUT2D eigenvalue weighted by Crippen LogP contribution is 2.46. The van der Waals surface area contributed by atoms with Crippen molar-refractivity contribution in [1.29, 1.82) is 0 Å². The van der Waals surface area contributed by atoms with Gasteiger partial charge in [0.2, 0.25) is 5.91 Å². The number of ether oxygens (including phenoxy) is 1. The molecule has 1 amide bonds. The van der Waals surface area contributed by atoms with Gasteiger partial charge >= 0.3 is 0 Å². The molecule has 18 heavy (non-hydrogen) atoms. The highest BCUT2D eigenvalue weighted by atomic mass is 32.1. The van der Waals surface area contributed by atoms with E-state index in [2.05, 4.69) is 6.92 Å². The summed E-state index contributed by atoms with van der Waals surface area (Å²) in [5, 5.41) is 8.58. The van der Waals surface area contributed by atoms with Gasteiger partial charge in [-0.15, -0.1) is 0 Å². The molecule has 1 fully saturated rings. The van der Waals surface area contributed by atoms with E-state index in [1.54, 1.807) is 11.9 Å². The SMILES string of the molecule is CC1CC(C(=O)N(C)CCOCCO)(C(N)=S)C1. The fourth-order valence-electron chi connectivity index (χ4n) is 2.45. The van der Waals surface area contributed by atoms with Crippen LogP contribution in [0.15, 0.2) is 0 Å². The molecule has 0 aromatic heterocycles. The lowest BCUT2D eigenvalue weighted by molar-refractivity contribution is -0.143. The third kappa shape index (κ3) is 3.18. The molecule has 5 nitrogen and oxygen atoms in total. The summed E-state index contributed by atoms with van der Waals surface area (Å²) in [5.74, 6) is 0.482. The normalized spacial score (nSPS) is 26.5. The number of thiocarbonyl (C=S) groups is 1. The second-order valence-electron chi connectivity index (χ2n) is 5.02. The summed E-state index contributed by atoms with van der Waals surface area (Å²) in [6, 6.07) is 0. The molecule has 0 spiro atoms. The van der Waals surface area contributed by atoms with Gasteiger partial charge in [0.05, 0.1) is 30.2 Å². The molecule has 0 saturated heterocycles. The second kappa shape index (κ2) is 6.45. The van der Waals surface area contributed by atoms with Gasteiger partial charge in [0.15, 0.2) is 0 Å². The van der Waals surface area contributed by atoms with E-state index in [0.717, 1.165) is 12.8 Å². The van der Waals surface area contributed by atoms with Crippen LogP contribution in [-0.4, -0.2) is 54.3 Å². The maximum atomic E-state index is 12.4. The molecule has 0 bridgehead atoms. The van der Waals surface area contributed by atoms with Crippen molar-refractivity contribution in [3.05, 3.63) is 0 Å². The van der Waals surface area contributed by atoms with Crippen molar-refractivity contribution in [3.63, 3.8) is 0 Å². The van der Waals surface area contributed by atoms with Crippen LogP contribution in [-0.2, 0) is 9.53 Å². The Morgan fingerprint density at radius 1 is 1.56 bits per heavy atom. The largest absolute Gasteiger partial charge is 0.394 e. The van der Waals surface area contributed by atoms with E-state index in [-0.39, 0.29) is 12.5 Å². The number of nitrogens with two attached hydrogens (primary N) is 1. The topological polar surface area (TPSA) is 75.8 Å². The van der Waals surface area contributed by atoms with Gasteiger partial charge in [-0.05, 0) is 18.8 Å². The predicted octanol–water partition coefficient (Wildman–Crippen LogP) is 0.156. The maximum Gasteiger partial charge on any atom is 0.235 e. The summed E-state index contributed by atoms with van der Waals surface area (Å²) in [6.07, 6.45) is 1.48.